The molecule has 1 aromatic heterocycles. The fraction of sp³-hybridized carbons (Fsp3) is 0.390. The largest absolute Gasteiger partial charge is 0.479 e. The fourth-order valence-electron chi connectivity index (χ4n) is 6.04. The molecule has 1 unspecified atom stereocenters. The number of fused-ring (bicyclic) bond motifs is 1. The maximum absolute atomic E-state index is 15.3. The molecule has 17 heteroatoms. The summed E-state index contributed by atoms with van der Waals surface area (Å²) in [5.74, 6) is -3.63. The second-order valence-electron chi connectivity index (χ2n) is 15.9. The molecule has 1 saturated carbocycles. The van der Waals surface area contributed by atoms with Crippen molar-refractivity contribution in [2.45, 2.75) is 101 Å². The number of hydrogen-bond donors (Lipinski definition) is 4. The molecular weight excluding hydrogens is 777 g/mol. The van der Waals surface area contributed by atoms with E-state index in [2.05, 4.69) is 20.9 Å². The van der Waals surface area contributed by atoms with Crippen molar-refractivity contribution in [1.29, 1.82) is 0 Å². The molecule has 310 valence electrons. The van der Waals surface area contributed by atoms with Crippen LogP contribution in [0.3, 0.4) is 0 Å². The number of aliphatic carboxylic acids is 1. The average Bonchev–Trinajstić information content (AvgIpc) is 3.97. The van der Waals surface area contributed by atoms with Crippen LogP contribution in [0.5, 0.6) is 0 Å². The number of rotatable bonds is 13. The number of ether oxygens (including phenoxy) is 2. The van der Waals surface area contributed by atoms with E-state index in [1.165, 1.54) is 42.5 Å². The Hall–Kier alpha value is -5.68. The van der Waals surface area contributed by atoms with Crippen LogP contribution >= 0.6 is 0 Å². The molecule has 1 heterocycles. The summed E-state index contributed by atoms with van der Waals surface area (Å²) in [6.07, 6.45) is -0.491. The first kappa shape index (κ1) is 43.4. The molecule has 5 rings (SSSR count). The van der Waals surface area contributed by atoms with E-state index < -0.39 is 68.0 Å². The van der Waals surface area contributed by atoms with Gasteiger partial charge < -0.3 is 30.5 Å². The highest BCUT2D eigenvalue weighted by Crippen LogP contribution is 2.36. The Morgan fingerprint density at radius 1 is 0.862 bits per heavy atom. The van der Waals surface area contributed by atoms with Crippen LogP contribution in [0.2, 0.25) is 0 Å². The number of carbonyl (C=O) groups excluding carboxylic acids is 3. The van der Waals surface area contributed by atoms with Crippen molar-refractivity contribution in [2.75, 3.05) is 22.6 Å². The molecular formula is C41H47F2N5O9S. The van der Waals surface area contributed by atoms with Gasteiger partial charge >= 0.3 is 18.2 Å². The molecule has 0 aliphatic heterocycles. The monoisotopic (exact) mass is 823 g/mol. The van der Waals surface area contributed by atoms with Crippen molar-refractivity contribution in [2.24, 2.45) is 0 Å². The highest BCUT2D eigenvalue weighted by atomic mass is 32.2. The first-order valence-corrected chi connectivity index (χ1v) is 20.1. The first-order valence-electron chi connectivity index (χ1n) is 18.5. The Bertz CT molecular complexity index is 2330. The summed E-state index contributed by atoms with van der Waals surface area (Å²) in [4.78, 5) is 56.9. The lowest BCUT2D eigenvalue weighted by molar-refractivity contribution is -0.138. The second kappa shape index (κ2) is 17.0. The third-order valence-corrected chi connectivity index (χ3v) is 11.1. The van der Waals surface area contributed by atoms with Gasteiger partial charge in [0.25, 0.3) is 0 Å². The van der Waals surface area contributed by atoms with Crippen LogP contribution in [0, 0.1) is 11.6 Å². The van der Waals surface area contributed by atoms with E-state index in [4.69, 9.17) is 9.47 Å². The summed E-state index contributed by atoms with van der Waals surface area (Å²) in [6, 6.07) is 10.8. The van der Waals surface area contributed by atoms with Gasteiger partial charge in [0.1, 0.15) is 22.8 Å². The zero-order chi connectivity index (χ0) is 42.7. The maximum Gasteiger partial charge on any atom is 0.425 e. The van der Waals surface area contributed by atoms with E-state index in [0.29, 0.717) is 29.0 Å². The van der Waals surface area contributed by atoms with Gasteiger partial charge in [0.05, 0.1) is 16.3 Å². The minimum Gasteiger partial charge on any atom is -0.479 e. The van der Waals surface area contributed by atoms with E-state index in [0.717, 1.165) is 12.3 Å². The molecule has 1 fully saturated rings. The Morgan fingerprint density at radius 3 is 2.09 bits per heavy atom. The number of halogens is 2. The average molecular weight is 824 g/mol. The van der Waals surface area contributed by atoms with Gasteiger partial charge in [0.2, 0.25) is 5.91 Å². The zero-order valence-electron chi connectivity index (χ0n) is 33.2. The topological polar surface area (TPSA) is 193 Å². The normalized spacial score (nSPS) is 13.7. The molecule has 0 radical (unpaired) electrons. The van der Waals surface area contributed by atoms with Gasteiger partial charge in [-0.05, 0) is 127 Å². The van der Waals surface area contributed by atoms with Crippen molar-refractivity contribution in [1.82, 2.24) is 10.3 Å². The smallest absolute Gasteiger partial charge is 0.425 e. The van der Waals surface area contributed by atoms with Crippen LogP contribution in [0.25, 0.3) is 10.8 Å². The number of carboxylic acid groups (broad SMARTS) is 1. The minimum atomic E-state index is -3.48. The van der Waals surface area contributed by atoms with E-state index in [1.807, 2.05) is 0 Å². The number of amides is 3. The van der Waals surface area contributed by atoms with Crippen LogP contribution in [0.1, 0.15) is 83.5 Å². The lowest BCUT2D eigenvalue weighted by Crippen LogP contribution is -2.44. The number of benzene rings is 3. The van der Waals surface area contributed by atoms with Crippen LogP contribution in [0.4, 0.5) is 35.6 Å². The number of nitrogens with zero attached hydrogens (tertiary/aromatic N) is 2. The third kappa shape index (κ3) is 10.6. The quantitative estimate of drug-likeness (QED) is 0.103. The molecule has 3 amide bonds. The number of carbonyl (C=O) groups is 4. The van der Waals surface area contributed by atoms with Crippen LogP contribution < -0.4 is 20.9 Å². The Balaban J connectivity index is 1.36. The SMILES string of the molecule is CNCc1cc(NC(=O)CCc2cc(C(Nc3ccc4c(N(C(=O)OC(C)(C)C)C(=O)OC(C)(C)C)ncc(F)c4c3)C(=O)O)ccc2F)ccc1S(=O)(=O)C1CC1. The Morgan fingerprint density at radius 2 is 1.50 bits per heavy atom. The third-order valence-electron chi connectivity index (χ3n) is 8.75. The number of pyridine rings is 1. The lowest BCUT2D eigenvalue weighted by atomic mass is 10.00. The van der Waals surface area contributed by atoms with Crippen molar-refractivity contribution in [3.63, 3.8) is 0 Å². The number of carboxylic acids is 1. The molecule has 14 nitrogen and oxygen atoms in total. The van der Waals surface area contributed by atoms with Gasteiger partial charge in [0, 0.05) is 35.1 Å². The number of nitrogens with one attached hydrogen (secondary N) is 3. The Kier molecular flexibility index (Phi) is 12.8. The summed E-state index contributed by atoms with van der Waals surface area (Å²) >= 11 is 0. The molecule has 3 aromatic carbocycles. The molecule has 1 atom stereocenters. The molecule has 0 saturated heterocycles. The number of aromatic nitrogens is 1. The molecule has 0 bridgehead atoms. The van der Waals surface area contributed by atoms with Crippen molar-refractivity contribution in [3.05, 3.63) is 89.1 Å². The lowest BCUT2D eigenvalue weighted by Gasteiger charge is -2.28. The summed E-state index contributed by atoms with van der Waals surface area (Å²) in [5, 5.41) is 18.2. The molecule has 4 aromatic rings. The van der Waals surface area contributed by atoms with E-state index >= 15 is 8.78 Å². The number of sulfone groups is 1. The summed E-state index contributed by atoms with van der Waals surface area (Å²) < 4.78 is 67.1. The minimum absolute atomic E-state index is 0.00831. The molecule has 58 heavy (non-hydrogen) atoms. The number of hydrogen-bond acceptors (Lipinski definition) is 11. The van der Waals surface area contributed by atoms with Gasteiger partial charge in [-0.1, -0.05) is 12.1 Å². The van der Waals surface area contributed by atoms with Gasteiger partial charge in [0.15, 0.2) is 21.7 Å². The second-order valence-corrected chi connectivity index (χ2v) is 18.1. The highest BCUT2D eigenvalue weighted by molar-refractivity contribution is 7.92. The van der Waals surface area contributed by atoms with Gasteiger partial charge in [-0.15, -0.1) is 0 Å². The van der Waals surface area contributed by atoms with Crippen LogP contribution in [-0.4, -0.2) is 66.1 Å². The Labute approximate surface area is 335 Å². The van der Waals surface area contributed by atoms with Crippen LogP contribution in [0.15, 0.2) is 65.7 Å². The highest BCUT2D eigenvalue weighted by Gasteiger charge is 2.38. The zero-order valence-corrected chi connectivity index (χ0v) is 34.1. The van der Waals surface area contributed by atoms with E-state index in [9.17, 15) is 32.7 Å². The van der Waals surface area contributed by atoms with E-state index in [-0.39, 0.29) is 57.7 Å². The summed E-state index contributed by atoms with van der Waals surface area (Å²) in [6.45, 7) is 9.85. The number of anilines is 3. The van der Waals surface area contributed by atoms with E-state index in [1.54, 1.807) is 54.7 Å². The standard InChI is InChI=1S/C41H47F2N5O9S/c1-40(2,3)56-38(52)48(39(53)57-41(4,5)6)36-29-14-10-27(20-30(29)32(43)22-45-36)47-35(37(50)51)24-8-15-31(42)23(18-24)9-17-34(49)46-26-11-16-33(25(19-26)21-44-7)58(54,55)28-12-13-28/h8,10-11,14-16,18-20,22,28,35,44,47H,9,12-13,17,21H2,1-7H3,(H,46,49)(H,50,51). The van der Waals surface area contributed by atoms with Gasteiger partial charge in [-0.3, -0.25) is 4.79 Å². The number of aryl methyl sites for hydroxylation is 1. The summed E-state index contributed by atoms with van der Waals surface area (Å²) in [5.41, 5.74) is -0.848. The number of imide groups is 1. The van der Waals surface area contributed by atoms with Crippen molar-refractivity contribution >= 4 is 61.9 Å². The van der Waals surface area contributed by atoms with Crippen molar-refractivity contribution < 1.29 is 51.0 Å². The predicted octanol–water partition coefficient (Wildman–Crippen LogP) is 7.65. The van der Waals surface area contributed by atoms with Gasteiger partial charge in [-0.25, -0.2) is 36.6 Å². The molecule has 4 N–H and O–H groups in total. The molecule has 1 aliphatic carbocycles. The molecule has 1 aliphatic rings. The summed E-state index contributed by atoms with van der Waals surface area (Å²) in [7, 11) is -1.80. The maximum atomic E-state index is 15.3. The van der Waals surface area contributed by atoms with Gasteiger partial charge in [-0.2, -0.15) is 4.90 Å². The molecule has 0 spiro atoms. The van der Waals surface area contributed by atoms with Crippen molar-refractivity contribution in [3.8, 4) is 0 Å². The fourth-order valence-corrected chi connectivity index (χ4v) is 7.91. The first-order chi connectivity index (χ1) is 27.1. The predicted molar refractivity (Wildman–Crippen MR) is 213 cm³/mol. The van der Waals surface area contributed by atoms with Crippen LogP contribution in [-0.2, 0) is 41.9 Å².